The van der Waals surface area contributed by atoms with Gasteiger partial charge in [-0.3, -0.25) is 4.79 Å². The zero-order chi connectivity index (χ0) is 18.5. The quantitative estimate of drug-likeness (QED) is 0.757. The lowest BCUT2D eigenvalue weighted by Crippen LogP contribution is -2.35. The summed E-state index contributed by atoms with van der Waals surface area (Å²) in [6.45, 7) is 5.36. The summed E-state index contributed by atoms with van der Waals surface area (Å²) in [6, 6.07) is 13.9. The monoisotopic (exact) mass is 348 g/mol. The van der Waals surface area contributed by atoms with Gasteiger partial charge in [0.25, 0.3) is 0 Å². The Balaban J connectivity index is 1.58. The van der Waals surface area contributed by atoms with Gasteiger partial charge in [0.15, 0.2) is 0 Å². The summed E-state index contributed by atoms with van der Waals surface area (Å²) in [6.07, 6.45) is 2.88. The second-order valence-electron chi connectivity index (χ2n) is 6.71. The van der Waals surface area contributed by atoms with Crippen LogP contribution in [0.4, 0.5) is 5.69 Å². The average Bonchev–Trinajstić information content (AvgIpc) is 2.67. The van der Waals surface area contributed by atoms with Crippen molar-refractivity contribution in [2.75, 3.05) is 18.1 Å². The molecule has 134 valence electrons. The first-order chi connectivity index (χ1) is 12.6. The van der Waals surface area contributed by atoms with E-state index in [9.17, 15) is 10.1 Å². The number of hydrogen-bond donors (Lipinski definition) is 0. The van der Waals surface area contributed by atoms with E-state index < -0.39 is 0 Å². The van der Waals surface area contributed by atoms with Crippen molar-refractivity contribution in [3.05, 3.63) is 58.7 Å². The molecule has 1 aliphatic heterocycles. The molecule has 0 spiro atoms. The Hall–Kier alpha value is -2.80. The molecule has 1 aliphatic rings. The van der Waals surface area contributed by atoms with Gasteiger partial charge in [-0.1, -0.05) is 18.2 Å². The average molecular weight is 348 g/mol. The molecule has 0 radical (unpaired) electrons. The van der Waals surface area contributed by atoms with E-state index in [-0.39, 0.29) is 5.91 Å². The Bertz CT molecular complexity index is 852. The van der Waals surface area contributed by atoms with Crippen molar-refractivity contribution in [1.82, 2.24) is 0 Å². The number of ether oxygens (including phenoxy) is 1. The summed E-state index contributed by atoms with van der Waals surface area (Å²) in [7, 11) is 0. The smallest absolute Gasteiger partial charge is 0.227 e. The summed E-state index contributed by atoms with van der Waals surface area (Å²) in [4.78, 5) is 14.5. The fourth-order valence-corrected chi connectivity index (χ4v) is 3.41. The van der Waals surface area contributed by atoms with Crippen LogP contribution in [0.15, 0.2) is 36.4 Å². The lowest BCUT2D eigenvalue weighted by Gasteiger charge is -2.30. The predicted molar refractivity (Wildman–Crippen MR) is 102 cm³/mol. The molecule has 2 aromatic rings. The molecular formula is C22H24N2O2. The molecule has 0 saturated heterocycles. The Morgan fingerprint density at radius 1 is 1.23 bits per heavy atom. The molecule has 0 unspecified atom stereocenters. The van der Waals surface area contributed by atoms with E-state index in [1.807, 2.05) is 42.2 Å². The van der Waals surface area contributed by atoms with E-state index in [2.05, 4.69) is 19.1 Å². The number of benzene rings is 2. The second kappa shape index (κ2) is 8.05. The summed E-state index contributed by atoms with van der Waals surface area (Å²) < 4.78 is 5.85. The van der Waals surface area contributed by atoms with Crippen LogP contribution in [0.2, 0.25) is 0 Å². The lowest BCUT2D eigenvalue weighted by atomic mass is 9.96. The lowest BCUT2D eigenvalue weighted by molar-refractivity contribution is -0.118. The van der Waals surface area contributed by atoms with Gasteiger partial charge in [-0.15, -0.1) is 0 Å². The zero-order valence-electron chi connectivity index (χ0n) is 15.4. The van der Waals surface area contributed by atoms with Crippen LogP contribution in [0.5, 0.6) is 5.75 Å². The highest BCUT2D eigenvalue weighted by atomic mass is 16.5. The highest BCUT2D eigenvalue weighted by Crippen LogP contribution is 2.30. The van der Waals surface area contributed by atoms with E-state index in [4.69, 9.17) is 4.74 Å². The minimum Gasteiger partial charge on any atom is -0.493 e. The molecule has 0 N–H and O–H groups in total. The highest BCUT2D eigenvalue weighted by molar-refractivity contribution is 5.94. The summed E-state index contributed by atoms with van der Waals surface area (Å²) in [5, 5.41) is 9.27. The van der Waals surface area contributed by atoms with Gasteiger partial charge in [-0.25, -0.2) is 0 Å². The minimum absolute atomic E-state index is 0.102. The topological polar surface area (TPSA) is 53.3 Å². The van der Waals surface area contributed by atoms with Crippen LogP contribution in [0.3, 0.4) is 0 Å². The Kier molecular flexibility index (Phi) is 5.58. The van der Waals surface area contributed by atoms with Crippen molar-refractivity contribution in [2.24, 2.45) is 0 Å². The van der Waals surface area contributed by atoms with E-state index in [1.54, 1.807) is 0 Å². The van der Waals surface area contributed by atoms with E-state index in [1.165, 1.54) is 5.56 Å². The number of fused-ring (bicyclic) bond motifs is 1. The molecule has 0 fully saturated rings. The van der Waals surface area contributed by atoms with Crippen molar-refractivity contribution in [1.29, 1.82) is 5.26 Å². The zero-order valence-corrected chi connectivity index (χ0v) is 15.4. The molecule has 26 heavy (non-hydrogen) atoms. The van der Waals surface area contributed by atoms with Crippen LogP contribution >= 0.6 is 0 Å². The fourth-order valence-electron chi connectivity index (χ4n) is 3.41. The molecular weight excluding hydrogens is 324 g/mol. The van der Waals surface area contributed by atoms with Crippen LogP contribution in [0, 0.1) is 25.2 Å². The molecule has 1 amide bonds. The Morgan fingerprint density at radius 3 is 2.85 bits per heavy atom. The third kappa shape index (κ3) is 3.72. The largest absolute Gasteiger partial charge is 0.493 e. The SMILES string of the molecule is Cc1cccc(OCCCC(=O)N2CCCc3c(C#N)cccc32)c1C. The standard InChI is InChI=1S/C22H24N2O2/c1-16-7-3-11-21(17(16)2)26-14-6-12-22(25)24-13-5-9-19-18(15-23)8-4-10-20(19)24/h3-4,7-8,10-11H,5-6,9,12-14H2,1-2H3. The number of nitriles is 1. The molecule has 2 aromatic carbocycles. The molecule has 0 bridgehead atoms. The number of carbonyl (C=O) groups is 1. The number of amides is 1. The van der Waals surface area contributed by atoms with Crippen molar-refractivity contribution in [3.63, 3.8) is 0 Å². The normalized spacial score (nSPS) is 13.0. The number of hydrogen-bond acceptors (Lipinski definition) is 3. The summed E-state index contributed by atoms with van der Waals surface area (Å²) in [5.74, 6) is 0.991. The van der Waals surface area contributed by atoms with E-state index >= 15 is 0 Å². The van der Waals surface area contributed by atoms with Gasteiger partial charge in [-0.2, -0.15) is 5.26 Å². The van der Waals surface area contributed by atoms with Gasteiger partial charge in [0, 0.05) is 18.7 Å². The first kappa shape index (κ1) is 18.0. The number of aryl methyl sites for hydroxylation is 1. The van der Waals surface area contributed by atoms with Gasteiger partial charge >= 0.3 is 0 Å². The molecule has 0 aliphatic carbocycles. The van der Waals surface area contributed by atoms with Gasteiger partial charge in [0.05, 0.1) is 18.2 Å². The third-order valence-corrected chi connectivity index (χ3v) is 5.02. The molecule has 1 heterocycles. The van der Waals surface area contributed by atoms with Crippen molar-refractivity contribution < 1.29 is 9.53 Å². The maximum absolute atomic E-state index is 12.7. The summed E-state index contributed by atoms with van der Waals surface area (Å²) in [5.41, 5.74) is 4.93. The van der Waals surface area contributed by atoms with Crippen LogP contribution in [-0.2, 0) is 11.2 Å². The maximum atomic E-state index is 12.7. The van der Waals surface area contributed by atoms with Crippen LogP contribution in [-0.4, -0.2) is 19.1 Å². The first-order valence-electron chi connectivity index (χ1n) is 9.13. The van der Waals surface area contributed by atoms with Crippen LogP contribution < -0.4 is 9.64 Å². The van der Waals surface area contributed by atoms with Gasteiger partial charge in [0.1, 0.15) is 5.75 Å². The summed E-state index contributed by atoms with van der Waals surface area (Å²) >= 11 is 0. The first-order valence-corrected chi connectivity index (χ1v) is 9.13. The molecule has 0 aromatic heterocycles. The molecule has 4 nitrogen and oxygen atoms in total. The van der Waals surface area contributed by atoms with Gasteiger partial charge in [-0.05, 0) is 68.0 Å². The van der Waals surface area contributed by atoms with Gasteiger partial charge < -0.3 is 9.64 Å². The predicted octanol–water partition coefficient (Wildman–Crippen LogP) is 4.31. The van der Waals surface area contributed by atoms with Crippen LogP contribution in [0.1, 0.15) is 41.5 Å². The maximum Gasteiger partial charge on any atom is 0.227 e. The minimum atomic E-state index is 0.102. The molecule has 4 heteroatoms. The van der Waals surface area contributed by atoms with Crippen LogP contribution in [0.25, 0.3) is 0 Å². The number of rotatable bonds is 5. The Morgan fingerprint density at radius 2 is 2.04 bits per heavy atom. The fraction of sp³-hybridized carbons (Fsp3) is 0.364. The molecule has 3 rings (SSSR count). The highest BCUT2D eigenvalue weighted by Gasteiger charge is 2.23. The van der Waals surface area contributed by atoms with Crippen molar-refractivity contribution >= 4 is 11.6 Å². The van der Waals surface area contributed by atoms with Gasteiger partial charge in [0.2, 0.25) is 5.91 Å². The van der Waals surface area contributed by atoms with Crippen molar-refractivity contribution in [2.45, 2.75) is 39.5 Å². The molecule has 0 atom stereocenters. The van der Waals surface area contributed by atoms with Crippen molar-refractivity contribution in [3.8, 4) is 11.8 Å². The third-order valence-electron chi connectivity index (χ3n) is 5.02. The Labute approximate surface area is 155 Å². The van der Waals surface area contributed by atoms with E-state index in [0.717, 1.165) is 42.0 Å². The second-order valence-corrected chi connectivity index (χ2v) is 6.71. The molecule has 0 saturated carbocycles. The number of carbonyl (C=O) groups excluding carboxylic acids is 1. The number of nitrogens with zero attached hydrogens (tertiary/aromatic N) is 2. The number of anilines is 1. The van der Waals surface area contributed by atoms with E-state index in [0.29, 0.717) is 25.0 Å².